The molecule has 0 atom stereocenters. The number of aromatic amines is 1. The van der Waals surface area contributed by atoms with Gasteiger partial charge in [0, 0.05) is 17.6 Å². The highest BCUT2D eigenvalue weighted by Gasteiger charge is 2.31. The van der Waals surface area contributed by atoms with Crippen LogP contribution in [0.25, 0.3) is 0 Å². The molecule has 1 aromatic heterocycles. The zero-order valence-electron chi connectivity index (χ0n) is 10.3. The SMILES string of the molecule is Nc1c[nH]c(C(=O)Nc2ccc(OC(F)(F)F)c(Br)c2)c1. The minimum absolute atomic E-state index is 0.0589. The van der Waals surface area contributed by atoms with Crippen molar-refractivity contribution in [1.82, 2.24) is 4.98 Å². The fourth-order valence-corrected chi connectivity index (χ4v) is 1.99. The number of H-pyrrole nitrogens is 1. The summed E-state index contributed by atoms with van der Waals surface area (Å²) in [5.74, 6) is -0.868. The van der Waals surface area contributed by atoms with E-state index in [0.29, 0.717) is 11.4 Å². The van der Waals surface area contributed by atoms with Crippen molar-refractivity contribution < 1.29 is 22.7 Å². The summed E-state index contributed by atoms with van der Waals surface area (Å²) in [5, 5.41) is 2.51. The van der Waals surface area contributed by atoms with Crippen LogP contribution in [-0.4, -0.2) is 17.3 Å². The van der Waals surface area contributed by atoms with Crippen molar-refractivity contribution in [2.45, 2.75) is 6.36 Å². The van der Waals surface area contributed by atoms with Gasteiger partial charge in [-0.3, -0.25) is 4.79 Å². The molecule has 0 radical (unpaired) electrons. The number of benzene rings is 1. The third-order valence-corrected chi connectivity index (χ3v) is 2.99. The second-order valence-corrected chi connectivity index (χ2v) is 4.85. The van der Waals surface area contributed by atoms with Crippen LogP contribution in [-0.2, 0) is 0 Å². The van der Waals surface area contributed by atoms with E-state index in [1.54, 1.807) is 0 Å². The topological polar surface area (TPSA) is 80.1 Å². The lowest BCUT2D eigenvalue weighted by molar-refractivity contribution is -0.274. The van der Waals surface area contributed by atoms with E-state index in [1.165, 1.54) is 24.4 Å². The summed E-state index contributed by atoms with van der Waals surface area (Å²) in [4.78, 5) is 14.5. The zero-order valence-corrected chi connectivity index (χ0v) is 11.9. The Kier molecular flexibility index (Phi) is 4.12. The van der Waals surface area contributed by atoms with Crippen molar-refractivity contribution in [2.75, 3.05) is 11.1 Å². The van der Waals surface area contributed by atoms with Gasteiger partial charge in [-0.2, -0.15) is 0 Å². The van der Waals surface area contributed by atoms with Gasteiger partial charge in [0.25, 0.3) is 5.91 Å². The van der Waals surface area contributed by atoms with Crippen molar-refractivity contribution in [3.63, 3.8) is 0 Å². The second-order valence-electron chi connectivity index (χ2n) is 3.99. The number of nitrogens with two attached hydrogens (primary N) is 1. The number of hydrogen-bond acceptors (Lipinski definition) is 3. The molecule has 0 spiro atoms. The smallest absolute Gasteiger partial charge is 0.405 e. The van der Waals surface area contributed by atoms with Crippen LogP contribution in [0.5, 0.6) is 5.75 Å². The molecule has 0 aliphatic rings. The van der Waals surface area contributed by atoms with Crippen molar-refractivity contribution in [2.24, 2.45) is 0 Å². The van der Waals surface area contributed by atoms with E-state index in [9.17, 15) is 18.0 Å². The molecular weight excluding hydrogens is 355 g/mol. The minimum atomic E-state index is -4.78. The van der Waals surface area contributed by atoms with Gasteiger partial charge in [0.2, 0.25) is 0 Å². The first-order chi connectivity index (χ1) is 9.74. The average molecular weight is 364 g/mol. The fraction of sp³-hybridized carbons (Fsp3) is 0.0833. The Balaban J connectivity index is 2.11. The highest BCUT2D eigenvalue weighted by Crippen LogP contribution is 2.32. The number of carbonyl (C=O) groups excluding carboxylic acids is 1. The fourth-order valence-electron chi connectivity index (χ4n) is 1.53. The van der Waals surface area contributed by atoms with Crippen molar-refractivity contribution in [3.8, 4) is 5.75 Å². The number of carbonyl (C=O) groups is 1. The first kappa shape index (κ1) is 15.2. The third-order valence-electron chi connectivity index (χ3n) is 2.37. The number of anilines is 2. The Morgan fingerprint density at radius 3 is 2.57 bits per heavy atom. The molecule has 2 aromatic rings. The number of rotatable bonds is 3. The zero-order chi connectivity index (χ0) is 15.6. The molecule has 21 heavy (non-hydrogen) atoms. The molecule has 1 aromatic carbocycles. The van der Waals surface area contributed by atoms with E-state index in [0.717, 1.165) is 6.07 Å². The predicted octanol–water partition coefficient (Wildman–Crippen LogP) is 3.51. The van der Waals surface area contributed by atoms with Gasteiger partial charge in [0.1, 0.15) is 11.4 Å². The molecule has 5 nitrogen and oxygen atoms in total. The first-order valence-electron chi connectivity index (χ1n) is 5.55. The van der Waals surface area contributed by atoms with E-state index >= 15 is 0 Å². The second kappa shape index (κ2) is 5.68. The highest BCUT2D eigenvalue weighted by atomic mass is 79.9. The number of aromatic nitrogens is 1. The molecule has 1 heterocycles. The molecule has 0 aliphatic carbocycles. The Morgan fingerprint density at radius 1 is 1.33 bits per heavy atom. The first-order valence-corrected chi connectivity index (χ1v) is 6.34. The lowest BCUT2D eigenvalue weighted by Crippen LogP contribution is -2.17. The number of amides is 1. The molecule has 1 amide bonds. The van der Waals surface area contributed by atoms with Crippen LogP contribution >= 0.6 is 15.9 Å². The molecule has 4 N–H and O–H groups in total. The van der Waals surface area contributed by atoms with Gasteiger partial charge in [-0.15, -0.1) is 13.2 Å². The largest absolute Gasteiger partial charge is 0.573 e. The van der Waals surface area contributed by atoms with Gasteiger partial charge < -0.3 is 20.8 Å². The lowest BCUT2D eigenvalue weighted by atomic mass is 10.3. The summed E-state index contributed by atoms with van der Waals surface area (Å²) >= 11 is 2.95. The van der Waals surface area contributed by atoms with Crippen molar-refractivity contribution in [1.29, 1.82) is 0 Å². The Labute approximate surface area is 125 Å². The van der Waals surface area contributed by atoms with Crippen LogP contribution in [0.3, 0.4) is 0 Å². The van der Waals surface area contributed by atoms with Gasteiger partial charge in [0.05, 0.1) is 4.47 Å². The van der Waals surface area contributed by atoms with Crippen LogP contribution < -0.4 is 15.8 Å². The van der Waals surface area contributed by atoms with Crippen LogP contribution in [0.2, 0.25) is 0 Å². The van der Waals surface area contributed by atoms with Crippen LogP contribution in [0.4, 0.5) is 24.5 Å². The van der Waals surface area contributed by atoms with Crippen LogP contribution in [0, 0.1) is 0 Å². The molecule has 0 unspecified atom stereocenters. The number of nitrogens with one attached hydrogen (secondary N) is 2. The maximum absolute atomic E-state index is 12.1. The molecule has 9 heteroatoms. The summed E-state index contributed by atoms with van der Waals surface area (Å²) in [7, 11) is 0. The summed E-state index contributed by atoms with van der Waals surface area (Å²) in [6.45, 7) is 0. The van der Waals surface area contributed by atoms with Gasteiger partial charge in [-0.1, -0.05) is 0 Å². The molecule has 0 saturated carbocycles. The molecule has 0 aliphatic heterocycles. The monoisotopic (exact) mass is 363 g/mol. The van der Waals surface area contributed by atoms with Crippen molar-refractivity contribution >= 4 is 33.2 Å². The van der Waals surface area contributed by atoms with E-state index in [2.05, 4.69) is 31.0 Å². The van der Waals surface area contributed by atoms with Gasteiger partial charge in [0.15, 0.2) is 0 Å². The molecular formula is C12H9BrF3N3O2. The third kappa shape index (κ3) is 4.15. The number of halogens is 4. The maximum Gasteiger partial charge on any atom is 0.573 e. The standard InChI is InChI=1S/C12H9BrF3N3O2/c13-8-4-7(1-2-10(8)21-12(14,15)16)19-11(20)9-3-6(17)5-18-9/h1-5,18H,17H2,(H,19,20). The van der Waals surface area contributed by atoms with Crippen LogP contribution in [0.1, 0.15) is 10.5 Å². The Bertz CT molecular complexity index is 670. The molecule has 112 valence electrons. The van der Waals surface area contributed by atoms with E-state index in [4.69, 9.17) is 5.73 Å². The summed E-state index contributed by atoms with van der Waals surface area (Å²) < 4.78 is 40.2. The van der Waals surface area contributed by atoms with Gasteiger partial charge in [-0.25, -0.2) is 0 Å². The molecule has 2 rings (SSSR count). The molecule has 0 fully saturated rings. The Morgan fingerprint density at radius 2 is 2.05 bits per heavy atom. The number of ether oxygens (including phenoxy) is 1. The molecule has 0 bridgehead atoms. The number of nitrogen functional groups attached to an aromatic ring is 1. The van der Waals surface area contributed by atoms with E-state index < -0.39 is 18.0 Å². The summed E-state index contributed by atoms with van der Waals surface area (Å²) in [6.07, 6.45) is -3.33. The van der Waals surface area contributed by atoms with E-state index in [-0.39, 0.29) is 10.2 Å². The lowest BCUT2D eigenvalue weighted by Gasteiger charge is -2.11. The molecule has 0 saturated heterocycles. The van der Waals surface area contributed by atoms with Crippen LogP contribution in [0.15, 0.2) is 34.9 Å². The number of hydrogen-bond donors (Lipinski definition) is 3. The normalized spacial score (nSPS) is 11.2. The number of alkyl halides is 3. The maximum atomic E-state index is 12.1. The van der Waals surface area contributed by atoms with Gasteiger partial charge in [-0.05, 0) is 40.2 Å². The highest BCUT2D eigenvalue weighted by molar-refractivity contribution is 9.10. The Hall–Kier alpha value is -2.16. The quantitative estimate of drug-likeness (QED) is 0.780. The summed E-state index contributed by atoms with van der Waals surface area (Å²) in [5.41, 5.74) is 6.41. The predicted molar refractivity (Wildman–Crippen MR) is 74.0 cm³/mol. The summed E-state index contributed by atoms with van der Waals surface area (Å²) in [6, 6.07) is 5.11. The average Bonchev–Trinajstić information content (AvgIpc) is 2.78. The van der Waals surface area contributed by atoms with Gasteiger partial charge >= 0.3 is 6.36 Å². The van der Waals surface area contributed by atoms with Crippen molar-refractivity contribution in [3.05, 3.63) is 40.6 Å². The minimum Gasteiger partial charge on any atom is -0.405 e. The van der Waals surface area contributed by atoms with E-state index in [1.807, 2.05) is 0 Å².